The Morgan fingerprint density at radius 3 is 2.89 bits per heavy atom. The first kappa shape index (κ1) is 12.8. The van der Waals surface area contributed by atoms with Crippen LogP contribution in [0.2, 0.25) is 0 Å². The molecule has 2 aromatic rings. The number of hydrogen-bond donors (Lipinski definition) is 1. The fourth-order valence-electron chi connectivity index (χ4n) is 1.61. The lowest BCUT2D eigenvalue weighted by molar-refractivity contribution is 0.0949. The van der Waals surface area contributed by atoms with Gasteiger partial charge in [0.05, 0.1) is 6.54 Å². The van der Waals surface area contributed by atoms with Crippen molar-refractivity contribution in [1.29, 1.82) is 0 Å². The van der Waals surface area contributed by atoms with Gasteiger partial charge >= 0.3 is 0 Å². The van der Waals surface area contributed by atoms with E-state index in [1.165, 1.54) is 0 Å². The summed E-state index contributed by atoms with van der Waals surface area (Å²) in [6.07, 6.45) is 3.57. The van der Waals surface area contributed by atoms with Gasteiger partial charge in [-0.2, -0.15) is 0 Å². The van der Waals surface area contributed by atoms with Crippen LogP contribution >= 0.6 is 15.9 Å². The molecular formula is C13H14BrN3O. The van der Waals surface area contributed by atoms with Crippen molar-refractivity contribution in [2.75, 3.05) is 0 Å². The molecule has 1 N–H and O–H groups in total. The molecular weight excluding hydrogens is 294 g/mol. The largest absolute Gasteiger partial charge is 0.345 e. The van der Waals surface area contributed by atoms with Gasteiger partial charge in [-0.3, -0.25) is 4.79 Å². The van der Waals surface area contributed by atoms with Crippen molar-refractivity contribution in [1.82, 2.24) is 14.9 Å². The van der Waals surface area contributed by atoms with Crippen molar-refractivity contribution in [3.63, 3.8) is 0 Å². The maximum absolute atomic E-state index is 12.0. The van der Waals surface area contributed by atoms with Crippen LogP contribution in [0.5, 0.6) is 0 Å². The van der Waals surface area contributed by atoms with E-state index in [0.717, 1.165) is 15.9 Å². The van der Waals surface area contributed by atoms with Crippen molar-refractivity contribution in [3.8, 4) is 0 Å². The summed E-state index contributed by atoms with van der Waals surface area (Å²) in [5.74, 6) is 0.741. The van der Waals surface area contributed by atoms with Crippen LogP contribution in [0.25, 0.3) is 0 Å². The molecule has 0 unspecified atom stereocenters. The summed E-state index contributed by atoms with van der Waals surface area (Å²) >= 11 is 3.41. The number of aromatic nitrogens is 2. The Hall–Kier alpha value is -1.62. The highest BCUT2D eigenvalue weighted by atomic mass is 79.9. The smallest absolute Gasteiger partial charge is 0.251 e. The predicted molar refractivity (Wildman–Crippen MR) is 73.3 cm³/mol. The van der Waals surface area contributed by atoms with E-state index in [9.17, 15) is 4.79 Å². The summed E-state index contributed by atoms with van der Waals surface area (Å²) in [6, 6.07) is 5.54. The average molecular weight is 308 g/mol. The van der Waals surface area contributed by atoms with Gasteiger partial charge in [-0.05, 0) is 30.7 Å². The number of nitrogens with zero attached hydrogens (tertiary/aromatic N) is 2. The van der Waals surface area contributed by atoms with Crippen LogP contribution < -0.4 is 5.32 Å². The molecule has 94 valence electrons. The molecule has 0 bridgehead atoms. The van der Waals surface area contributed by atoms with Gasteiger partial charge in [0.25, 0.3) is 5.91 Å². The number of imidazole rings is 1. The minimum atomic E-state index is -0.0893. The minimum Gasteiger partial charge on any atom is -0.345 e. The van der Waals surface area contributed by atoms with E-state index >= 15 is 0 Å². The number of amides is 1. The third-order valence-corrected chi connectivity index (χ3v) is 3.64. The fraction of sp³-hybridized carbons (Fsp3) is 0.231. The molecule has 0 saturated carbocycles. The molecule has 5 heteroatoms. The van der Waals surface area contributed by atoms with Crippen LogP contribution in [0.3, 0.4) is 0 Å². The summed E-state index contributed by atoms with van der Waals surface area (Å²) < 4.78 is 2.88. The van der Waals surface area contributed by atoms with E-state index in [1.807, 2.05) is 36.9 Å². The number of hydrogen-bond acceptors (Lipinski definition) is 2. The Bertz CT molecular complexity index is 577. The Labute approximate surface area is 114 Å². The second-order valence-electron chi connectivity index (χ2n) is 4.10. The fourth-order valence-corrected chi connectivity index (χ4v) is 1.86. The Balaban J connectivity index is 2.04. The maximum Gasteiger partial charge on any atom is 0.251 e. The number of carbonyl (C=O) groups is 1. The van der Waals surface area contributed by atoms with Gasteiger partial charge in [0, 0.05) is 29.5 Å². The van der Waals surface area contributed by atoms with Gasteiger partial charge < -0.3 is 9.88 Å². The van der Waals surface area contributed by atoms with E-state index < -0.39 is 0 Å². The van der Waals surface area contributed by atoms with Crippen LogP contribution in [0.4, 0.5) is 0 Å². The Morgan fingerprint density at radius 1 is 1.50 bits per heavy atom. The summed E-state index contributed by atoms with van der Waals surface area (Å²) in [5, 5.41) is 2.85. The van der Waals surface area contributed by atoms with Crippen molar-refractivity contribution < 1.29 is 4.79 Å². The van der Waals surface area contributed by atoms with Crippen molar-refractivity contribution in [2.24, 2.45) is 7.05 Å². The zero-order chi connectivity index (χ0) is 13.1. The van der Waals surface area contributed by atoms with E-state index in [0.29, 0.717) is 12.1 Å². The van der Waals surface area contributed by atoms with E-state index in [4.69, 9.17) is 0 Å². The number of rotatable bonds is 3. The number of carbonyl (C=O) groups excluding carboxylic acids is 1. The van der Waals surface area contributed by atoms with Gasteiger partial charge in [0.15, 0.2) is 0 Å². The number of nitrogens with one attached hydrogen (secondary N) is 1. The highest BCUT2D eigenvalue weighted by Crippen LogP contribution is 2.17. The van der Waals surface area contributed by atoms with Crippen LogP contribution in [-0.4, -0.2) is 15.5 Å². The zero-order valence-corrected chi connectivity index (χ0v) is 11.9. The highest BCUT2D eigenvalue weighted by molar-refractivity contribution is 9.10. The van der Waals surface area contributed by atoms with Crippen LogP contribution in [0, 0.1) is 6.92 Å². The lowest BCUT2D eigenvalue weighted by Gasteiger charge is -2.06. The Morgan fingerprint density at radius 2 is 2.28 bits per heavy atom. The first-order valence-corrected chi connectivity index (χ1v) is 6.38. The van der Waals surface area contributed by atoms with Crippen LogP contribution in [0.1, 0.15) is 21.7 Å². The predicted octanol–water partition coefficient (Wildman–Crippen LogP) is 2.42. The van der Waals surface area contributed by atoms with E-state index in [-0.39, 0.29) is 5.91 Å². The summed E-state index contributed by atoms with van der Waals surface area (Å²) in [7, 11) is 1.90. The van der Waals surface area contributed by atoms with Crippen LogP contribution in [0.15, 0.2) is 35.1 Å². The van der Waals surface area contributed by atoms with Crippen LogP contribution in [-0.2, 0) is 13.6 Å². The molecule has 4 nitrogen and oxygen atoms in total. The third kappa shape index (κ3) is 2.79. The first-order chi connectivity index (χ1) is 8.58. The quantitative estimate of drug-likeness (QED) is 0.946. The van der Waals surface area contributed by atoms with Crippen molar-refractivity contribution >= 4 is 21.8 Å². The number of benzene rings is 1. The molecule has 1 heterocycles. The van der Waals surface area contributed by atoms with Crippen molar-refractivity contribution in [2.45, 2.75) is 13.5 Å². The van der Waals surface area contributed by atoms with Gasteiger partial charge in [-0.1, -0.05) is 15.9 Å². The molecule has 2 rings (SSSR count). The SMILES string of the molecule is Cc1cc(C(=O)NCc2nccn2C)ccc1Br. The third-order valence-electron chi connectivity index (χ3n) is 2.75. The van der Waals surface area contributed by atoms with Gasteiger partial charge in [-0.15, -0.1) is 0 Å². The molecule has 0 radical (unpaired) electrons. The topological polar surface area (TPSA) is 46.9 Å². The van der Waals surface area contributed by atoms with E-state index in [1.54, 1.807) is 12.3 Å². The molecule has 1 aromatic carbocycles. The molecule has 0 spiro atoms. The molecule has 18 heavy (non-hydrogen) atoms. The first-order valence-electron chi connectivity index (χ1n) is 5.58. The summed E-state index contributed by atoms with van der Waals surface area (Å²) in [6.45, 7) is 2.39. The normalized spacial score (nSPS) is 10.4. The maximum atomic E-state index is 12.0. The molecule has 0 aliphatic rings. The molecule has 0 saturated heterocycles. The van der Waals surface area contributed by atoms with Gasteiger partial charge in [0.1, 0.15) is 5.82 Å². The molecule has 0 aliphatic carbocycles. The van der Waals surface area contributed by atoms with Crippen molar-refractivity contribution in [3.05, 3.63) is 52.0 Å². The highest BCUT2D eigenvalue weighted by Gasteiger charge is 2.08. The number of halogens is 1. The molecule has 0 aliphatic heterocycles. The molecule has 1 aromatic heterocycles. The van der Waals surface area contributed by atoms with Gasteiger partial charge in [-0.25, -0.2) is 4.98 Å². The molecule has 1 amide bonds. The van der Waals surface area contributed by atoms with Gasteiger partial charge in [0.2, 0.25) is 0 Å². The monoisotopic (exact) mass is 307 g/mol. The average Bonchev–Trinajstić information content (AvgIpc) is 2.75. The zero-order valence-electron chi connectivity index (χ0n) is 10.3. The number of aryl methyl sites for hydroxylation is 2. The van der Waals surface area contributed by atoms with E-state index in [2.05, 4.69) is 26.2 Å². The Kier molecular flexibility index (Phi) is 3.81. The lowest BCUT2D eigenvalue weighted by atomic mass is 10.1. The summed E-state index contributed by atoms with van der Waals surface area (Å²) in [5.41, 5.74) is 1.70. The molecule has 0 atom stereocenters. The minimum absolute atomic E-state index is 0.0893. The second kappa shape index (κ2) is 5.35. The summed E-state index contributed by atoms with van der Waals surface area (Å²) in [4.78, 5) is 16.1. The lowest BCUT2D eigenvalue weighted by Crippen LogP contribution is -2.24. The second-order valence-corrected chi connectivity index (χ2v) is 4.96. The standard InChI is InChI=1S/C13H14BrN3O/c1-9-7-10(3-4-11(9)14)13(18)16-8-12-15-5-6-17(12)2/h3-7H,8H2,1-2H3,(H,16,18). The molecule has 0 fully saturated rings.